The highest BCUT2D eigenvalue weighted by molar-refractivity contribution is 8.02. The molecule has 3 saturated heterocycles. The van der Waals surface area contributed by atoms with Crippen LogP contribution in [0.1, 0.15) is 53.4 Å². The first kappa shape index (κ1) is 24.1. The lowest BCUT2D eigenvalue weighted by atomic mass is 9.66. The molecule has 8 heteroatoms. The van der Waals surface area contributed by atoms with Crippen LogP contribution in [0, 0.1) is 17.8 Å². The third-order valence-electron chi connectivity index (χ3n) is 7.63. The smallest absolute Gasteiger partial charge is 0.308 e. The Labute approximate surface area is 189 Å². The fourth-order valence-corrected chi connectivity index (χ4v) is 8.58. The third-order valence-corrected chi connectivity index (χ3v) is 9.70. The molecule has 0 aromatic heterocycles. The number of hydrogen-bond donors (Lipinski definition) is 2. The lowest BCUT2D eigenvalue weighted by molar-refractivity contribution is -0.150. The van der Waals surface area contributed by atoms with Gasteiger partial charge in [-0.15, -0.1) is 18.3 Å². The molecule has 0 aliphatic carbocycles. The number of amides is 2. The van der Waals surface area contributed by atoms with Gasteiger partial charge in [0, 0.05) is 17.8 Å². The maximum Gasteiger partial charge on any atom is 0.308 e. The summed E-state index contributed by atoms with van der Waals surface area (Å²) in [4.78, 5) is 43.4. The fraction of sp³-hybridized carbons (Fsp3) is 0.783. The monoisotopic (exact) mass is 452 g/mol. The normalized spacial score (nSPS) is 35.7. The number of fused-ring (bicyclic) bond motifs is 1. The largest absolute Gasteiger partial charge is 0.481 e. The zero-order valence-corrected chi connectivity index (χ0v) is 19.8. The van der Waals surface area contributed by atoms with E-state index < -0.39 is 34.6 Å². The van der Waals surface area contributed by atoms with Crippen LogP contribution in [0.2, 0.25) is 0 Å². The summed E-state index contributed by atoms with van der Waals surface area (Å²) < 4.78 is -0.768. The summed E-state index contributed by atoms with van der Waals surface area (Å²) in [5.41, 5.74) is 0. The van der Waals surface area contributed by atoms with Crippen molar-refractivity contribution in [2.45, 2.75) is 81.5 Å². The van der Waals surface area contributed by atoms with Crippen molar-refractivity contribution >= 4 is 29.5 Å². The van der Waals surface area contributed by atoms with Crippen molar-refractivity contribution in [1.82, 2.24) is 9.80 Å². The van der Waals surface area contributed by atoms with Crippen LogP contribution in [0.25, 0.3) is 0 Å². The number of nitrogens with zero attached hydrogens (tertiary/aromatic N) is 2. The van der Waals surface area contributed by atoms with Crippen molar-refractivity contribution in [1.29, 1.82) is 0 Å². The van der Waals surface area contributed by atoms with Gasteiger partial charge >= 0.3 is 5.97 Å². The Balaban J connectivity index is 2.13. The molecule has 3 heterocycles. The number of aliphatic hydroxyl groups excluding tert-OH is 1. The molecular weight excluding hydrogens is 416 g/mol. The van der Waals surface area contributed by atoms with E-state index in [0.717, 1.165) is 12.8 Å². The van der Waals surface area contributed by atoms with Gasteiger partial charge in [0.05, 0.1) is 29.2 Å². The number of hydrogen-bond acceptors (Lipinski definition) is 5. The van der Waals surface area contributed by atoms with Gasteiger partial charge in [0.2, 0.25) is 11.8 Å². The van der Waals surface area contributed by atoms with Gasteiger partial charge in [-0.25, -0.2) is 0 Å². The highest BCUT2D eigenvalue weighted by atomic mass is 32.2. The Kier molecular flexibility index (Phi) is 7.11. The molecular formula is C23H36N2O5S. The van der Waals surface area contributed by atoms with E-state index in [4.69, 9.17) is 0 Å². The van der Waals surface area contributed by atoms with E-state index in [2.05, 4.69) is 13.5 Å². The van der Waals surface area contributed by atoms with Crippen LogP contribution in [0.5, 0.6) is 0 Å². The van der Waals surface area contributed by atoms with E-state index in [1.165, 1.54) is 11.8 Å². The zero-order chi connectivity index (χ0) is 23.1. The molecule has 3 rings (SSSR count). The lowest BCUT2D eigenvalue weighted by Crippen LogP contribution is -2.60. The first-order valence-electron chi connectivity index (χ1n) is 11.5. The number of carboxylic acids is 1. The van der Waals surface area contributed by atoms with Gasteiger partial charge in [-0.2, -0.15) is 0 Å². The summed E-state index contributed by atoms with van der Waals surface area (Å²) in [6.07, 6.45) is 4.64. The first-order chi connectivity index (χ1) is 14.7. The van der Waals surface area contributed by atoms with E-state index in [1.54, 1.807) is 15.9 Å². The van der Waals surface area contributed by atoms with Crippen LogP contribution in [-0.2, 0) is 14.4 Å². The number of carbonyl (C=O) groups is 3. The molecule has 4 unspecified atom stereocenters. The van der Waals surface area contributed by atoms with Crippen LogP contribution in [0.4, 0.5) is 0 Å². The van der Waals surface area contributed by atoms with E-state index in [1.807, 2.05) is 20.8 Å². The van der Waals surface area contributed by atoms with E-state index in [-0.39, 0.29) is 35.6 Å². The Morgan fingerprint density at radius 3 is 2.61 bits per heavy atom. The van der Waals surface area contributed by atoms with Crippen LogP contribution >= 0.6 is 11.8 Å². The molecule has 8 atom stereocenters. The minimum Gasteiger partial charge on any atom is -0.481 e. The lowest BCUT2D eigenvalue weighted by Gasteiger charge is -2.43. The number of rotatable bonds is 10. The topological polar surface area (TPSA) is 98.2 Å². The van der Waals surface area contributed by atoms with E-state index in [9.17, 15) is 24.6 Å². The number of aliphatic hydroxyl groups is 1. The highest BCUT2D eigenvalue weighted by Gasteiger charge is 2.76. The molecule has 0 aromatic rings. The SMILES string of the molecule is C=CCN(C(=O)C1N([C@@H](CC)CO)C(=O)[C@@H]2[C@@H](C(=O)O)[C@H]3CC(C)C12S3)C(C)CCC. The van der Waals surface area contributed by atoms with Gasteiger partial charge < -0.3 is 20.0 Å². The second-order valence-electron chi connectivity index (χ2n) is 9.30. The number of thioether (sulfide) groups is 1. The minimum atomic E-state index is -0.961. The summed E-state index contributed by atoms with van der Waals surface area (Å²) in [7, 11) is 0. The molecule has 0 aromatic carbocycles. The van der Waals surface area contributed by atoms with Crippen molar-refractivity contribution in [2.75, 3.05) is 13.2 Å². The van der Waals surface area contributed by atoms with Gasteiger partial charge in [-0.3, -0.25) is 14.4 Å². The summed E-state index contributed by atoms with van der Waals surface area (Å²) in [5.74, 6) is -2.87. The Bertz CT molecular complexity index is 741. The molecule has 3 aliphatic heterocycles. The van der Waals surface area contributed by atoms with Gasteiger partial charge in [-0.1, -0.05) is 33.3 Å². The summed E-state index contributed by atoms with van der Waals surface area (Å²) in [6.45, 7) is 11.9. The molecule has 3 fully saturated rings. The van der Waals surface area contributed by atoms with Crippen LogP contribution < -0.4 is 0 Å². The highest BCUT2D eigenvalue weighted by Crippen LogP contribution is 2.69. The molecule has 2 amide bonds. The number of likely N-dealkylation sites (tertiary alicyclic amines) is 1. The quantitative estimate of drug-likeness (QED) is 0.494. The second-order valence-corrected chi connectivity index (χ2v) is 10.8. The predicted octanol–water partition coefficient (Wildman–Crippen LogP) is 2.38. The predicted molar refractivity (Wildman–Crippen MR) is 121 cm³/mol. The molecule has 174 valence electrons. The summed E-state index contributed by atoms with van der Waals surface area (Å²) in [5, 5.41) is 19.9. The van der Waals surface area contributed by atoms with Crippen molar-refractivity contribution in [3.8, 4) is 0 Å². The maximum absolute atomic E-state index is 14.1. The molecule has 3 aliphatic rings. The van der Waals surface area contributed by atoms with Crippen LogP contribution in [0.15, 0.2) is 12.7 Å². The first-order valence-corrected chi connectivity index (χ1v) is 12.3. The average Bonchev–Trinajstić information content (AvgIpc) is 3.31. The molecule has 2 bridgehead atoms. The van der Waals surface area contributed by atoms with E-state index >= 15 is 0 Å². The number of aliphatic carboxylic acids is 1. The van der Waals surface area contributed by atoms with Crippen molar-refractivity contribution in [3.05, 3.63) is 12.7 Å². The van der Waals surface area contributed by atoms with E-state index in [0.29, 0.717) is 19.4 Å². The number of carboxylic acid groups (broad SMARTS) is 1. The van der Waals surface area contributed by atoms with Gasteiger partial charge in [0.15, 0.2) is 0 Å². The van der Waals surface area contributed by atoms with Crippen LogP contribution in [0.3, 0.4) is 0 Å². The Morgan fingerprint density at radius 1 is 1.42 bits per heavy atom. The van der Waals surface area contributed by atoms with Gasteiger partial charge in [0.1, 0.15) is 6.04 Å². The van der Waals surface area contributed by atoms with Crippen molar-refractivity contribution in [2.24, 2.45) is 17.8 Å². The summed E-state index contributed by atoms with van der Waals surface area (Å²) in [6, 6.07) is -1.29. The molecule has 31 heavy (non-hydrogen) atoms. The van der Waals surface area contributed by atoms with Gasteiger partial charge in [-0.05, 0) is 32.1 Å². The average molecular weight is 453 g/mol. The minimum absolute atomic E-state index is 0.0220. The second kappa shape index (κ2) is 9.14. The van der Waals surface area contributed by atoms with Crippen molar-refractivity contribution in [3.63, 3.8) is 0 Å². The molecule has 0 radical (unpaired) electrons. The Morgan fingerprint density at radius 2 is 2.10 bits per heavy atom. The van der Waals surface area contributed by atoms with Crippen molar-refractivity contribution < 1.29 is 24.6 Å². The van der Waals surface area contributed by atoms with Gasteiger partial charge in [0.25, 0.3) is 0 Å². The molecule has 7 nitrogen and oxygen atoms in total. The molecule has 2 N–H and O–H groups in total. The molecule has 1 spiro atoms. The Hall–Kier alpha value is -1.54. The fourth-order valence-electron chi connectivity index (χ4n) is 6.18. The third kappa shape index (κ3) is 3.50. The van der Waals surface area contributed by atoms with Crippen LogP contribution in [-0.4, -0.2) is 79.1 Å². The molecule has 0 saturated carbocycles. The maximum atomic E-state index is 14.1. The summed E-state index contributed by atoms with van der Waals surface area (Å²) >= 11 is 1.54. The zero-order valence-electron chi connectivity index (χ0n) is 19.0. The number of carbonyl (C=O) groups excluding carboxylic acids is 2. The standard InChI is InChI=1S/C23H36N2O5S/c1-6-9-14(5)24(10-7-2)21(28)19-23-13(4)11-16(31-23)17(22(29)30)18(23)20(27)25(19)15(8-3)12-26/h7,13-19,26H,2,6,8-12H2,1,3-5H3,(H,29,30)/t13?,14?,15-,16+,17-,18-,19?,23?/m0/s1.